The normalized spacial score (nSPS) is 17.9. The quantitative estimate of drug-likeness (QED) is 0.570. The Balaban J connectivity index is 1.81. The highest BCUT2D eigenvalue weighted by atomic mass is 16.5. The van der Waals surface area contributed by atoms with Crippen molar-refractivity contribution in [2.75, 3.05) is 19.8 Å². The van der Waals surface area contributed by atoms with Crippen molar-refractivity contribution in [3.8, 4) is 6.07 Å². The summed E-state index contributed by atoms with van der Waals surface area (Å²) < 4.78 is 4.96. The summed E-state index contributed by atoms with van der Waals surface area (Å²) in [5.41, 5.74) is 0. The van der Waals surface area contributed by atoms with E-state index in [2.05, 4.69) is 11.4 Å². The summed E-state index contributed by atoms with van der Waals surface area (Å²) in [6.45, 7) is 2.63. The molecule has 0 saturated carbocycles. The lowest BCUT2D eigenvalue weighted by molar-refractivity contribution is -0.00487. The van der Waals surface area contributed by atoms with Crippen molar-refractivity contribution in [3.05, 3.63) is 0 Å². The number of nitrogens with one attached hydrogen (secondary N) is 1. The number of nitriles is 1. The minimum absolute atomic E-state index is 0.554. The van der Waals surface area contributed by atoms with E-state index in [0.717, 1.165) is 26.2 Å². The van der Waals surface area contributed by atoms with Crippen molar-refractivity contribution in [1.82, 2.24) is 5.32 Å². The van der Waals surface area contributed by atoms with Crippen LogP contribution in [-0.2, 0) is 4.74 Å². The third-order valence-corrected chi connectivity index (χ3v) is 1.54. The van der Waals surface area contributed by atoms with Gasteiger partial charge >= 0.3 is 0 Å². The van der Waals surface area contributed by atoms with E-state index in [9.17, 15) is 0 Å². The maximum Gasteiger partial charge on any atom is 0.0643 e. The molecule has 0 aromatic heterocycles. The van der Waals surface area contributed by atoms with E-state index in [0.29, 0.717) is 12.5 Å². The monoisotopic (exact) mass is 140 g/mol. The van der Waals surface area contributed by atoms with E-state index in [-0.39, 0.29) is 0 Å². The molecular formula is C7H12N2O. The third kappa shape index (κ3) is 2.34. The Kier molecular flexibility index (Phi) is 3.20. The summed E-state index contributed by atoms with van der Waals surface area (Å²) in [5, 5.41) is 11.5. The van der Waals surface area contributed by atoms with Crippen molar-refractivity contribution in [1.29, 1.82) is 5.26 Å². The lowest BCUT2D eigenvalue weighted by Gasteiger charge is -2.26. The maximum atomic E-state index is 8.20. The first-order valence-electron chi connectivity index (χ1n) is 3.61. The summed E-state index contributed by atoms with van der Waals surface area (Å²) in [6, 6.07) is 2.66. The highest BCUT2D eigenvalue weighted by Gasteiger charge is 2.16. The Bertz CT molecular complexity index is 126. The molecule has 1 fully saturated rings. The summed E-state index contributed by atoms with van der Waals surface area (Å²) in [6.07, 6.45) is 1.60. The summed E-state index contributed by atoms with van der Waals surface area (Å²) in [7, 11) is 0. The van der Waals surface area contributed by atoms with Gasteiger partial charge in [0.25, 0.3) is 0 Å². The lowest BCUT2D eigenvalue weighted by Crippen LogP contribution is -2.46. The zero-order chi connectivity index (χ0) is 7.23. The second kappa shape index (κ2) is 4.26. The number of ether oxygens (including phenoxy) is 1. The Morgan fingerprint density at radius 3 is 2.90 bits per heavy atom. The minimum atomic E-state index is 0.554. The average Bonchev–Trinajstić information content (AvgIpc) is 1.84. The van der Waals surface area contributed by atoms with Crippen LogP contribution < -0.4 is 5.32 Å². The molecule has 1 N–H and O–H groups in total. The maximum absolute atomic E-state index is 8.20. The molecule has 0 aromatic rings. The van der Waals surface area contributed by atoms with Crippen molar-refractivity contribution >= 4 is 0 Å². The van der Waals surface area contributed by atoms with Gasteiger partial charge in [-0.3, -0.25) is 0 Å². The van der Waals surface area contributed by atoms with E-state index in [1.165, 1.54) is 0 Å². The molecule has 0 atom stereocenters. The van der Waals surface area contributed by atoms with Gasteiger partial charge in [0.2, 0.25) is 0 Å². The predicted octanol–water partition coefficient (Wildman–Crippen LogP) is 0.279. The highest BCUT2D eigenvalue weighted by Crippen LogP contribution is 1.99. The van der Waals surface area contributed by atoms with E-state index in [1.807, 2.05) is 0 Å². The van der Waals surface area contributed by atoms with E-state index < -0.39 is 0 Å². The molecule has 1 rings (SSSR count). The Morgan fingerprint density at radius 1 is 1.60 bits per heavy atom. The van der Waals surface area contributed by atoms with Crippen molar-refractivity contribution in [2.45, 2.75) is 18.9 Å². The van der Waals surface area contributed by atoms with Crippen molar-refractivity contribution < 1.29 is 4.74 Å². The fourth-order valence-corrected chi connectivity index (χ4v) is 0.827. The van der Waals surface area contributed by atoms with E-state index in [1.54, 1.807) is 0 Å². The highest BCUT2D eigenvalue weighted by molar-refractivity contribution is 4.74. The third-order valence-electron chi connectivity index (χ3n) is 1.54. The van der Waals surface area contributed by atoms with E-state index in [4.69, 9.17) is 10.00 Å². The van der Waals surface area contributed by atoms with E-state index >= 15 is 0 Å². The molecule has 0 aliphatic carbocycles. The summed E-state index contributed by atoms with van der Waals surface area (Å²) >= 11 is 0. The van der Waals surface area contributed by atoms with Crippen LogP contribution in [0, 0.1) is 11.3 Å². The first kappa shape index (κ1) is 7.52. The number of nitrogens with zero attached hydrogens (tertiary/aromatic N) is 1. The zero-order valence-electron chi connectivity index (χ0n) is 5.97. The van der Waals surface area contributed by atoms with Crippen molar-refractivity contribution in [2.24, 2.45) is 0 Å². The predicted molar refractivity (Wildman–Crippen MR) is 37.5 cm³/mol. The first-order chi connectivity index (χ1) is 4.93. The molecule has 56 valence electrons. The molecule has 3 heteroatoms. The first-order valence-corrected chi connectivity index (χ1v) is 3.61. The second-order valence-corrected chi connectivity index (χ2v) is 2.45. The van der Waals surface area contributed by atoms with Crippen LogP contribution in [0.1, 0.15) is 12.8 Å². The summed E-state index contributed by atoms with van der Waals surface area (Å²) in [5.74, 6) is 0. The largest absolute Gasteiger partial charge is 0.378 e. The van der Waals surface area contributed by atoms with Gasteiger partial charge in [-0.25, -0.2) is 0 Å². The Labute approximate surface area is 61.0 Å². The molecular weight excluding hydrogens is 128 g/mol. The second-order valence-electron chi connectivity index (χ2n) is 2.45. The van der Waals surface area contributed by atoms with Crippen LogP contribution in [0.3, 0.4) is 0 Å². The van der Waals surface area contributed by atoms with Gasteiger partial charge < -0.3 is 10.1 Å². The van der Waals surface area contributed by atoms with Gasteiger partial charge in [0.05, 0.1) is 25.3 Å². The average molecular weight is 140 g/mol. The van der Waals surface area contributed by atoms with Crippen LogP contribution in [-0.4, -0.2) is 25.8 Å². The van der Waals surface area contributed by atoms with Crippen LogP contribution >= 0.6 is 0 Å². The Morgan fingerprint density at radius 2 is 2.40 bits per heavy atom. The summed E-state index contributed by atoms with van der Waals surface area (Å²) in [4.78, 5) is 0. The van der Waals surface area contributed by atoms with Gasteiger partial charge in [-0.2, -0.15) is 5.26 Å². The van der Waals surface area contributed by atoms with Crippen LogP contribution in [0.15, 0.2) is 0 Å². The minimum Gasteiger partial charge on any atom is -0.378 e. The molecule has 0 unspecified atom stereocenters. The smallest absolute Gasteiger partial charge is 0.0643 e. The molecule has 0 radical (unpaired) electrons. The molecule has 0 aromatic carbocycles. The number of hydrogen-bond donors (Lipinski definition) is 1. The molecule has 1 saturated heterocycles. The standard InChI is InChI=1S/C7H12N2O/c8-3-1-2-4-9-7-5-10-6-7/h7,9H,1-2,4-6H2. The topological polar surface area (TPSA) is 45.0 Å². The molecule has 0 spiro atoms. The van der Waals surface area contributed by atoms with Gasteiger partial charge in [-0.1, -0.05) is 0 Å². The SMILES string of the molecule is N#CCCCNC1COC1. The molecule has 1 heterocycles. The van der Waals surface area contributed by atoms with Gasteiger partial charge in [-0.15, -0.1) is 0 Å². The number of rotatable bonds is 4. The number of unbranched alkanes of at least 4 members (excludes halogenated alkanes) is 1. The molecule has 1 aliphatic rings. The van der Waals surface area contributed by atoms with Crippen LogP contribution in [0.25, 0.3) is 0 Å². The van der Waals surface area contributed by atoms with Crippen LogP contribution in [0.5, 0.6) is 0 Å². The molecule has 1 aliphatic heterocycles. The van der Waals surface area contributed by atoms with Gasteiger partial charge in [-0.05, 0) is 13.0 Å². The van der Waals surface area contributed by atoms with Gasteiger partial charge in [0, 0.05) is 6.42 Å². The Hall–Kier alpha value is -0.590. The molecule has 0 bridgehead atoms. The fourth-order valence-electron chi connectivity index (χ4n) is 0.827. The zero-order valence-corrected chi connectivity index (χ0v) is 5.97. The lowest BCUT2D eigenvalue weighted by atomic mass is 10.2. The van der Waals surface area contributed by atoms with Crippen LogP contribution in [0.2, 0.25) is 0 Å². The fraction of sp³-hybridized carbons (Fsp3) is 0.857. The van der Waals surface area contributed by atoms with Crippen LogP contribution in [0.4, 0.5) is 0 Å². The number of hydrogen-bond acceptors (Lipinski definition) is 3. The van der Waals surface area contributed by atoms with Crippen molar-refractivity contribution in [3.63, 3.8) is 0 Å². The molecule has 0 amide bonds. The van der Waals surface area contributed by atoms with Gasteiger partial charge in [0.1, 0.15) is 0 Å². The molecule has 3 nitrogen and oxygen atoms in total. The van der Waals surface area contributed by atoms with Gasteiger partial charge in [0.15, 0.2) is 0 Å². The molecule has 10 heavy (non-hydrogen) atoms.